The number of pyridine rings is 1. The number of rotatable bonds is 4. The third-order valence-electron chi connectivity index (χ3n) is 3.59. The van der Waals surface area contributed by atoms with E-state index < -0.39 is 5.67 Å². The molecule has 3 heterocycles. The third-order valence-corrected chi connectivity index (χ3v) is 3.59. The Bertz CT molecular complexity index is 538. The van der Waals surface area contributed by atoms with Crippen LogP contribution in [0.25, 0.3) is 5.65 Å². The summed E-state index contributed by atoms with van der Waals surface area (Å²) in [6.45, 7) is 2.05. The maximum absolute atomic E-state index is 14.3. The van der Waals surface area contributed by atoms with Crippen LogP contribution >= 0.6 is 0 Å². The van der Waals surface area contributed by atoms with Gasteiger partial charge in [-0.25, -0.2) is 9.37 Å². The second-order valence-electron chi connectivity index (χ2n) is 5.24. The van der Waals surface area contributed by atoms with E-state index in [-0.39, 0.29) is 6.61 Å². The number of halogens is 1. The van der Waals surface area contributed by atoms with E-state index in [2.05, 4.69) is 9.88 Å². The number of fused-ring (bicyclic) bond motifs is 1. The fourth-order valence-electron chi connectivity index (χ4n) is 2.72. The molecule has 0 amide bonds. The lowest BCUT2D eigenvalue weighted by atomic mass is 10.1. The summed E-state index contributed by atoms with van der Waals surface area (Å²) in [6, 6.07) is 5.91. The number of hydrogen-bond acceptors (Lipinski definition) is 3. The standard InChI is InChI=1S/C14H18FN3O/c1-19-11-14(15)5-7-17(10-14)8-12-9-18-6-3-2-4-13(18)16-12/h2-4,6,9H,5,7-8,10-11H2,1H3. The molecule has 19 heavy (non-hydrogen) atoms. The fraction of sp³-hybridized carbons (Fsp3) is 0.500. The SMILES string of the molecule is COCC1(F)CCN(Cc2cn3ccccc3n2)C1. The number of alkyl halides is 1. The molecule has 0 bridgehead atoms. The minimum absolute atomic E-state index is 0.175. The van der Waals surface area contributed by atoms with E-state index >= 15 is 0 Å². The predicted octanol–water partition coefficient (Wildman–Crippen LogP) is 1.89. The molecule has 0 aromatic carbocycles. The number of methoxy groups -OCH3 is 1. The van der Waals surface area contributed by atoms with Crippen molar-refractivity contribution in [3.63, 3.8) is 0 Å². The number of hydrogen-bond donors (Lipinski definition) is 0. The van der Waals surface area contributed by atoms with Crippen molar-refractivity contribution >= 4 is 5.65 Å². The summed E-state index contributed by atoms with van der Waals surface area (Å²) in [7, 11) is 1.55. The molecule has 0 radical (unpaired) electrons. The van der Waals surface area contributed by atoms with Crippen LogP contribution in [0.2, 0.25) is 0 Å². The Labute approximate surface area is 111 Å². The average molecular weight is 263 g/mol. The van der Waals surface area contributed by atoms with Gasteiger partial charge >= 0.3 is 0 Å². The molecule has 0 aliphatic carbocycles. The summed E-state index contributed by atoms with van der Waals surface area (Å²) >= 11 is 0. The zero-order chi connectivity index (χ0) is 13.3. The smallest absolute Gasteiger partial charge is 0.148 e. The second kappa shape index (κ2) is 4.90. The number of ether oxygens (including phenoxy) is 1. The van der Waals surface area contributed by atoms with Gasteiger partial charge in [0.15, 0.2) is 0 Å². The quantitative estimate of drug-likeness (QED) is 0.844. The van der Waals surface area contributed by atoms with Gasteiger partial charge in [-0.3, -0.25) is 4.90 Å². The monoisotopic (exact) mass is 263 g/mol. The van der Waals surface area contributed by atoms with Crippen LogP contribution in [0.15, 0.2) is 30.6 Å². The average Bonchev–Trinajstić information content (AvgIpc) is 2.93. The highest BCUT2D eigenvalue weighted by molar-refractivity contribution is 5.39. The van der Waals surface area contributed by atoms with Gasteiger partial charge in [-0.05, 0) is 18.6 Å². The largest absolute Gasteiger partial charge is 0.381 e. The van der Waals surface area contributed by atoms with E-state index in [1.165, 1.54) is 0 Å². The molecule has 2 aromatic rings. The van der Waals surface area contributed by atoms with E-state index in [4.69, 9.17) is 4.74 Å². The number of imidazole rings is 1. The van der Waals surface area contributed by atoms with Gasteiger partial charge < -0.3 is 9.14 Å². The van der Waals surface area contributed by atoms with Crippen LogP contribution in [0, 0.1) is 0 Å². The second-order valence-corrected chi connectivity index (χ2v) is 5.24. The summed E-state index contributed by atoms with van der Waals surface area (Å²) in [5, 5.41) is 0. The summed E-state index contributed by atoms with van der Waals surface area (Å²) in [4.78, 5) is 6.64. The van der Waals surface area contributed by atoms with Crippen LogP contribution in [0.4, 0.5) is 4.39 Å². The van der Waals surface area contributed by atoms with Gasteiger partial charge in [0.25, 0.3) is 0 Å². The maximum atomic E-state index is 14.3. The maximum Gasteiger partial charge on any atom is 0.148 e. The Morgan fingerprint density at radius 3 is 3.16 bits per heavy atom. The molecule has 0 N–H and O–H groups in total. The van der Waals surface area contributed by atoms with Gasteiger partial charge in [0.1, 0.15) is 11.3 Å². The van der Waals surface area contributed by atoms with Crippen LogP contribution in [-0.4, -0.2) is 46.8 Å². The van der Waals surface area contributed by atoms with Crippen molar-refractivity contribution in [2.75, 3.05) is 26.8 Å². The molecule has 3 rings (SSSR count). The molecule has 4 nitrogen and oxygen atoms in total. The highest BCUT2D eigenvalue weighted by atomic mass is 19.1. The van der Waals surface area contributed by atoms with Crippen molar-refractivity contribution in [2.45, 2.75) is 18.6 Å². The molecule has 1 atom stereocenters. The van der Waals surface area contributed by atoms with Crippen LogP contribution in [0.3, 0.4) is 0 Å². The van der Waals surface area contributed by atoms with Crippen molar-refractivity contribution < 1.29 is 9.13 Å². The number of aromatic nitrogens is 2. The van der Waals surface area contributed by atoms with Crippen molar-refractivity contribution in [3.8, 4) is 0 Å². The van der Waals surface area contributed by atoms with E-state index in [1.54, 1.807) is 7.11 Å². The highest BCUT2D eigenvalue weighted by Gasteiger charge is 2.38. The number of likely N-dealkylation sites (tertiary alicyclic amines) is 1. The first kappa shape index (κ1) is 12.6. The summed E-state index contributed by atoms with van der Waals surface area (Å²) in [5.41, 5.74) is 0.710. The molecule has 1 aliphatic heterocycles. The van der Waals surface area contributed by atoms with Crippen molar-refractivity contribution in [2.24, 2.45) is 0 Å². The molecule has 5 heteroatoms. The molecule has 1 fully saturated rings. The van der Waals surface area contributed by atoms with Gasteiger partial charge in [0.05, 0.1) is 12.3 Å². The third kappa shape index (κ3) is 2.62. The zero-order valence-corrected chi connectivity index (χ0v) is 11.1. The molecule has 0 saturated carbocycles. The van der Waals surface area contributed by atoms with Crippen LogP contribution < -0.4 is 0 Å². The molecule has 102 valence electrons. The predicted molar refractivity (Wildman–Crippen MR) is 70.8 cm³/mol. The first-order valence-corrected chi connectivity index (χ1v) is 6.51. The minimum atomic E-state index is -1.20. The summed E-state index contributed by atoms with van der Waals surface area (Å²) < 4.78 is 21.2. The highest BCUT2D eigenvalue weighted by Crippen LogP contribution is 2.26. The Balaban J connectivity index is 1.69. The number of nitrogens with zero attached hydrogens (tertiary/aromatic N) is 3. The lowest BCUT2D eigenvalue weighted by molar-refractivity contribution is 0.0467. The van der Waals surface area contributed by atoms with E-state index in [1.807, 2.05) is 35.0 Å². The Hall–Kier alpha value is -1.46. The molecule has 1 saturated heterocycles. The Morgan fingerprint density at radius 2 is 2.37 bits per heavy atom. The van der Waals surface area contributed by atoms with E-state index in [0.717, 1.165) is 17.9 Å². The lowest BCUT2D eigenvalue weighted by Crippen LogP contribution is -2.33. The molecular formula is C14H18FN3O. The summed E-state index contributed by atoms with van der Waals surface area (Å²) in [5.74, 6) is 0. The Kier molecular flexibility index (Phi) is 3.24. The molecule has 1 unspecified atom stereocenters. The van der Waals surface area contributed by atoms with E-state index in [0.29, 0.717) is 19.5 Å². The van der Waals surface area contributed by atoms with Gasteiger partial charge in [0, 0.05) is 39.1 Å². The van der Waals surface area contributed by atoms with Gasteiger partial charge in [-0.1, -0.05) is 6.07 Å². The van der Waals surface area contributed by atoms with Crippen molar-refractivity contribution in [1.29, 1.82) is 0 Å². The minimum Gasteiger partial charge on any atom is -0.381 e. The normalized spacial score (nSPS) is 24.3. The molecule has 1 aliphatic rings. The van der Waals surface area contributed by atoms with E-state index in [9.17, 15) is 4.39 Å². The first-order valence-electron chi connectivity index (χ1n) is 6.51. The summed E-state index contributed by atoms with van der Waals surface area (Å²) in [6.07, 6.45) is 4.51. The van der Waals surface area contributed by atoms with Crippen LogP contribution in [0.5, 0.6) is 0 Å². The fourth-order valence-corrected chi connectivity index (χ4v) is 2.72. The van der Waals surface area contributed by atoms with Crippen LogP contribution in [0.1, 0.15) is 12.1 Å². The molecule has 2 aromatic heterocycles. The zero-order valence-electron chi connectivity index (χ0n) is 11.1. The van der Waals surface area contributed by atoms with Gasteiger partial charge in [-0.15, -0.1) is 0 Å². The Morgan fingerprint density at radius 1 is 1.47 bits per heavy atom. The first-order chi connectivity index (χ1) is 9.18. The lowest BCUT2D eigenvalue weighted by Gasteiger charge is -2.19. The van der Waals surface area contributed by atoms with Crippen molar-refractivity contribution in [1.82, 2.24) is 14.3 Å². The molecular weight excluding hydrogens is 245 g/mol. The van der Waals surface area contributed by atoms with Crippen molar-refractivity contribution in [3.05, 3.63) is 36.3 Å². The van der Waals surface area contributed by atoms with Gasteiger partial charge in [-0.2, -0.15) is 0 Å². The molecule has 0 spiro atoms. The van der Waals surface area contributed by atoms with Crippen LogP contribution in [-0.2, 0) is 11.3 Å². The topological polar surface area (TPSA) is 29.8 Å². The van der Waals surface area contributed by atoms with Gasteiger partial charge in [0.2, 0.25) is 0 Å².